The Bertz CT molecular complexity index is 610. The van der Waals surface area contributed by atoms with Gasteiger partial charge in [0, 0.05) is 49.6 Å². The van der Waals surface area contributed by atoms with Crippen LogP contribution in [0.1, 0.15) is 54.3 Å². The predicted octanol–water partition coefficient (Wildman–Crippen LogP) is 3.33. The first kappa shape index (κ1) is 22.5. The Labute approximate surface area is 180 Å². The van der Waals surface area contributed by atoms with Gasteiger partial charge >= 0.3 is 0 Å². The van der Waals surface area contributed by atoms with E-state index in [4.69, 9.17) is 9.47 Å². The van der Waals surface area contributed by atoms with Gasteiger partial charge in [-0.3, -0.25) is 9.89 Å². The van der Waals surface area contributed by atoms with Crippen LogP contribution in [0.5, 0.6) is 0 Å². The number of nitrogens with zero attached hydrogens (tertiary/aromatic N) is 2. The minimum absolute atomic E-state index is 0.353. The zero-order valence-electron chi connectivity index (χ0n) is 18.1. The maximum Gasteiger partial charge on any atom is 0.191 e. The second kappa shape index (κ2) is 12.5. The van der Waals surface area contributed by atoms with Crippen molar-refractivity contribution in [3.8, 4) is 0 Å². The Balaban J connectivity index is 1.40. The number of thiophene rings is 1. The lowest BCUT2D eigenvalue weighted by Gasteiger charge is -2.34. The molecular formula is C22H38N4O2S. The van der Waals surface area contributed by atoms with Crippen molar-refractivity contribution in [2.24, 2.45) is 4.99 Å². The second-order valence-corrected chi connectivity index (χ2v) is 9.30. The highest BCUT2D eigenvalue weighted by Crippen LogP contribution is 2.27. The normalized spacial score (nSPS) is 20.6. The number of nitrogens with one attached hydrogen (secondary N) is 2. The van der Waals surface area contributed by atoms with Gasteiger partial charge in [-0.2, -0.15) is 0 Å². The van der Waals surface area contributed by atoms with Crippen LogP contribution < -0.4 is 10.6 Å². The average Bonchev–Trinajstić information content (AvgIpc) is 3.19. The van der Waals surface area contributed by atoms with Crippen molar-refractivity contribution >= 4 is 17.3 Å². The van der Waals surface area contributed by atoms with E-state index < -0.39 is 0 Å². The fourth-order valence-corrected chi connectivity index (χ4v) is 5.12. The third-order valence-corrected chi connectivity index (χ3v) is 6.88. The Morgan fingerprint density at radius 1 is 1.24 bits per heavy atom. The number of guanidine groups is 1. The summed E-state index contributed by atoms with van der Waals surface area (Å²) in [5.74, 6) is 0.870. The third kappa shape index (κ3) is 7.55. The van der Waals surface area contributed by atoms with Crippen molar-refractivity contribution in [3.05, 3.63) is 21.9 Å². The maximum atomic E-state index is 6.02. The van der Waals surface area contributed by atoms with E-state index in [1.807, 2.05) is 18.4 Å². The molecule has 0 amide bonds. The molecule has 2 fully saturated rings. The van der Waals surface area contributed by atoms with E-state index in [-0.39, 0.29) is 0 Å². The molecule has 0 spiro atoms. The van der Waals surface area contributed by atoms with E-state index >= 15 is 0 Å². The van der Waals surface area contributed by atoms with E-state index in [2.05, 4.69) is 39.6 Å². The molecule has 29 heavy (non-hydrogen) atoms. The first-order valence-corrected chi connectivity index (χ1v) is 12.0. The van der Waals surface area contributed by atoms with Crippen molar-refractivity contribution in [1.82, 2.24) is 15.5 Å². The van der Waals surface area contributed by atoms with Crippen LogP contribution in [0.2, 0.25) is 0 Å². The third-order valence-electron chi connectivity index (χ3n) is 5.78. The molecule has 1 aromatic heterocycles. The molecule has 1 aliphatic heterocycles. The molecule has 164 valence electrons. The smallest absolute Gasteiger partial charge is 0.191 e. The minimum Gasteiger partial charge on any atom is -0.379 e. The van der Waals surface area contributed by atoms with Gasteiger partial charge in [0.15, 0.2) is 5.96 Å². The largest absolute Gasteiger partial charge is 0.379 e. The molecule has 2 N–H and O–H groups in total. The quantitative estimate of drug-likeness (QED) is 0.363. The van der Waals surface area contributed by atoms with Gasteiger partial charge in [0.2, 0.25) is 0 Å². The lowest BCUT2D eigenvalue weighted by atomic mass is 9.98. The summed E-state index contributed by atoms with van der Waals surface area (Å²) in [5.41, 5.74) is 0. The molecular weight excluding hydrogens is 384 g/mol. The van der Waals surface area contributed by atoms with Gasteiger partial charge < -0.3 is 20.1 Å². The highest BCUT2D eigenvalue weighted by molar-refractivity contribution is 7.12. The molecule has 0 aromatic carbocycles. The molecule has 1 saturated heterocycles. The molecule has 2 heterocycles. The summed E-state index contributed by atoms with van der Waals surface area (Å²) in [5, 5.41) is 6.98. The van der Waals surface area contributed by atoms with E-state index in [0.717, 1.165) is 58.4 Å². The summed E-state index contributed by atoms with van der Waals surface area (Å²) >= 11 is 1.89. The topological polar surface area (TPSA) is 58.1 Å². The number of hydrogen-bond donors (Lipinski definition) is 2. The van der Waals surface area contributed by atoms with Gasteiger partial charge in [-0.1, -0.05) is 19.3 Å². The SMILES string of the molecule is CN=C(NCCCOC1CCCCC1)NCC(c1ccc(C)s1)N1CCOCC1. The van der Waals surface area contributed by atoms with Crippen LogP contribution in [-0.2, 0) is 9.47 Å². The molecule has 1 aromatic rings. The fourth-order valence-electron chi connectivity index (χ4n) is 4.11. The molecule has 3 rings (SSSR count). The predicted molar refractivity (Wildman–Crippen MR) is 121 cm³/mol. The molecule has 6 nitrogen and oxygen atoms in total. The van der Waals surface area contributed by atoms with Crippen LogP contribution >= 0.6 is 11.3 Å². The zero-order valence-corrected chi connectivity index (χ0v) is 18.9. The standard InChI is InChI=1S/C22H38N4O2S/c1-18-9-10-21(29-18)20(26-12-15-27-16-13-26)17-25-22(23-2)24-11-6-14-28-19-7-4-3-5-8-19/h9-10,19-20H,3-8,11-17H2,1-2H3,(H2,23,24,25). The van der Waals surface area contributed by atoms with Gasteiger partial charge in [-0.15, -0.1) is 11.3 Å². The molecule has 2 aliphatic rings. The van der Waals surface area contributed by atoms with Gasteiger partial charge in [-0.05, 0) is 38.3 Å². The van der Waals surface area contributed by atoms with Crippen molar-refractivity contribution in [1.29, 1.82) is 0 Å². The number of ether oxygens (including phenoxy) is 2. The first-order chi connectivity index (χ1) is 14.3. The Kier molecular flexibility index (Phi) is 9.73. The summed E-state index contributed by atoms with van der Waals surface area (Å²) in [6.45, 7) is 8.32. The molecule has 0 bridgehead atoms. The summed E-state index contributed by atoms with van der Waals surface area (Å²) in [6, 6.07) is 4.83. The molecule has 0 radical (unpaired) electrons. The number of morpholine rings is 1. The zero-order chi connectivity index (χ0) is 20.3. The average molecular weight is 423 g/mol. The van der Waals surface area contributed by atoms with Crippen molar-refractivity contribution in [2.75, 3.05) is 53.0 Å². The van der Waals surface area contributed by atoms with E-state index in [9.17, 15) is 0 Å². The lowest BCUT2D eigenvalue weighted by Crippen LogP contribution is -2.46. The van der Waals surface area contributed by atoms with Gasteiger partial charge in [0.05, 0.1) is 25.4 Å². The Morgan fingerprint density at radius 3 is 2.72 bits per heavy atom. The van der Waals surface area contributed by atoms with Crippen LogP contribution in [-0.4, -0.2) is 70.0 Å². The molecule has 7 heteroatoms. The lowest BCUT2D eigenvalue weighted by molar-refractivity contribution is 0.0177. The molecule has 1 unspecified atom stereocenters. The van der Waals surface area contributed by atoms with Crippen LogP contribution in [0.15, 0.2) is 17.1 Å². The Morgan fingerprint density at radius 2 is 2.03 bits per heavy atom. The van der Waals surface area contributed by atoms with Crippen LogP contribution in [0.25, 0.3) is 0 Å². The monoisotopic (exact) mass is 422 g/mol. The van der Waals surface area contributed by atoms with Crippen molar-refractivity contribution in [2.45, 2.75) is 57.6 Å². The van der Waals surface area contributed by atoms with E-state index in [0.29, 0.717) is 12.1 Å². The summed E-state index contributed by atoms with van der Waals surface area (Å²) in [7, 11) is 1.84. The van der Waals surface area contributed by atoms with Crippen LogP contribution in [0, 0.1) is 6.92 Å². The van der Waals surface area contributed by atoms with Crippen molar-refractivity contribution in [3.63, 3.8) is 0 Å². The van der Waals surface area contributed by atoms with Crippen LogP contribution in [0.3, 0.4) is 0 Å². The Hall–Kier alpha value is -1.15. The number of aliphatic imine (C=N–C) groups is 1. The van der Waals surface area contributed by atoms with Crippen LogP contribution in [0.4, 0.5) is 0 Å². The van der Waals surface area contributed by atoms with Gasteiger partial charge in [-0.25, -0.2) is 0 Å². The highest BCUT2D eigenvalue weighted by Gasteiger charge is 2.24. The molecule has 1 atom stereocenters. The number of aryl methyl sites for hydroxylation is 1. The first-order valence-electron chi connectivity index (χ1n) is 11.2. The fraction of sp³-hybridized carbons (Fsp3) is 0.773. The highest BCUT2D eigenvalue weighted by atomic mass is 32.1. The van der Waals surface area contributed by atoms with E-state index in [1.54, 1.807) is 0 Å². The number of rotatable bonds is 9. The molecule has 1 saturated carbocycles. The van der Waals surface area contributed by atoms with Crippen molar-refractivity contribution < 1.29 is 9.47 Å². The summed E-state index contributed by atoms with van der Waals surface area (Å²) < 4.78 is 11.6. The minimum atomic E-state index is 0.353. The number of hydrogen-bond acceptors (Lipinski definition) is 5. The summed E-state index contributed by atoms with van der Waals surface area (Å²) in [6.07, 6.45) is 8.00. The molecule has 1 aliphatic carbocycles. The van der Waals surface area contributed by atoms with Gasteiger partial charge in [0.1, 0.15) is 0 Å². The maximum absolute atomic E-state index is 6.02. The van der Waals surface area contributed by atoms with E-state index in [1.165, 1.54) is 41.9 Å². The summed E-state index contributed by atoms with van der Waals surface area (Å²) in [4.78, 5) is 9.70. The van der Waals surface area contributed by atoms with Gasteiger partial charge in [0.25, 0.3) is 0 Å². The second-order valence-electron chi connectivity index (χ2n) is 7.98.